The lowest BCUT2D eigenvalue weighted by atomic mass is 9.96. The molecule has 1 aromatic carbocycles. The second-order valence-electron chi connectivity index (χ2n) is 5.68. The zero-order valence-electron chi connectivity index (χ0n) is 13.9. The number of carbonyl (C=O) groups is 2. The number of hydrogen-bond acceptors (Lipinski definition) is 4. The Morgan fingerprint density at radius 2 is 1.96 bits per heavy atom. The SMILES string of the molecule is CCCC(C)(NC(=O)c1ccn(-c2ccc(OC)cc2)n1)C(=O)O. The number of aliphatic carboxylic acids is 1. The Balaban J connectivity index is 2.17. The Hall–Kier alpha value is -2.83. The molecule has 0 spiro atoms. The van der Waals surface area contributed by atoms with E-state index in [9.17, 15) is 14.7 Å². The highest BCUT2D eigenvalue weighted by Gasteiger charge is 2.34. The van der Waals surface area contributed by atoms with E-state index in [4.69, 9.17) is 4.74 Å². The summed E-state index contributed by atoms with van der Waals surface area (Å²) < 4.78 is 6.65. The number of nitrogens with zero attached hydrogens (tertiary/aromatic N) is 2. The molecule has 1 unspecified atom stereocenters. The van der Waals surface area contributed by atoms with E-state index in [1.54, 1.807) is 36.2 Å². The van der Waals surface area contributed by atoms with Crippen LogP contribution in [0.25, 0.3) is 5.69 Å². The van der Waals surface area contributed by atoms with Crippen molar-refractivity contribution >= 4 is 11.9 Å². The first kappa shape index (κ1) is 17.5. The van der Waals surface area contributed by atoms with Gasteiger partial charge in [0, 0.05) is 6.20 Å². The van der Waals surface area contributed by atoms with E-state index < -0.39 is 17.4 Å². The lowest BCUT2D eigenvalue weighted by molar-refractivity contribution is -0.144. The summed E-state index contributed by atoms with van der Waals surface area (Å²) in [6.45, 7) is 3.36. The maximum Gasteiger partial charge on any atom is 0.329 e. The van der Waals surface area contributed by atoms with E-state index >= 15 is 0 Å². The van der Waals surface area contributed by atoms with Crippen LogP contribution in [0.3, 0.4) is 0 Å². The quantitative estimate of drug-likeness (QED) is 0.811. The molecular weight excluding hydrogens is 310 g/mol. The van der Waals surface area contributed by atoms with Crippen molar-refractivity contribution in [3.05, 3.63) is 42.2 Å². The zero-order chi connectivity index (χ0) is 17.7. The number of carboxylic acid groups (broad SMARTS) is 1. The van der Waals surface area contributed by atoms with Crippen LogP contribution in [-0.4, -0.2) is 39.4 Å². The summed E-state index contributed by atoms with van der Waals surface area (Å²) in [4.78, 5) is 23.7. The number of rotatable bonds is 7. The molecule has 2 rings (SSSR count). The lowest BCUT2D eigenvalue weighted by Crippen LogP contribution is -2.52. The average Bonchev–Trinajstić information content (AvgIpc) is 3.05. The molecule has 0 bridgehead atoms. The molecule has 0 aliphatic rings. The molecule has 0 fully saturated rings. The number of amides is 1. The summed E-state index contributed by atoms with van der Waals surface area (Å²) in [5, 5.41) is 16.1. The van der Waals surface area contributed by atoms with Crippen LogP contribution in [0.15, 0.2) is 36.5 Å². The molecule has 0 aliphatic carbocycles. The number of carboxylic acids is 1. The molecule has 24 heavy (non-hydrogen) atoms. The first-order valence-corrected chi connectivity index (χ1v) is 7.65. The van der Waals surface area contributed by atoms with Gasteiger partial charge in [-0.15, -0.1) is 0 Å². The van der Waals surface area contributed by atoms with E-state index in [-0.39, 0.29) is 5.69 Å². The molecular formula is C17H21N3O4. The summed E-state index contributed by atoms with van der Waals surface area (Å²) in [5.74, 6) is -0.853. The van der Waals surface area contributed by atoms with E-state index in [1.807, 2.05) is 19.1 Å². The standard InChI is InChI=1S/C17H21N3O4/c1-4-10-17(2,16(22)23)18-15(21)14-9-11-20(19-14)12-5-7-13(24-3)8-6-12/h5-9,11H,4,10H2,1-3H3,(H,18,21)(H,22,23). The average molecular weight is 331 g/mol. The number of nitrogens with one attached hydrogen (secondary N) is 1. The molecule has 7 nitrogen and oxygen atoms in total. The van der Waals surface area contributed by atoms with Gasteiger partial charge < -0.3 is 15.2 Å². The summed E-state index contributed by atoms with van der Waals surface area (Å²) in [7, 11) is 1.58. The van der Waals surface area contributed by atoms with Crippen molar-refractivity contribution in [2.24, 2.45) is 0 Å². The van der Waals surface area contributed by atoms with Gasteiger partial charge in [0.2, 0.25) is 0 Å². The number of methoxy groups -OCH3 is 1. The Bertz CT molecular complexity index is 724. The first-order chi connectivity index (χ1) is 11.4. The van der Waals surface area contributed by atoms with Crippen LogP contribution in [0.1, 0.15) is 37.2 Å². The number of ether oxygens (including phenoxy) is 1. The van der Waals surface area contributed by atoms with Crippen molar-refractivity contribution < 1.29 is 19.4 Å². The van der Waals surface area contributed by atoms with E-state index in [0.29, 0.717) is 12.8 Å². The Labute approximate surface area is 140 Å². The largest absolute Gasteiger partial charge is 0.497 e. The minimum absolute atomic E-state index is 0.161. The monoisotopic (exact) mass is 331 g/mol. The molecule has 1 amide bonds. The fraction of sp³-hybridized carbons (Fsp3) is 0.353. The highest BCUT2D eigenvalue weighted by atomic mass is 16.5. The second kappa shape index (κ2) is 7.16. The molecule has 0 saturated carbocycles. The van der Waals surface area contributed by atoms with E-state index in [1.165, 1.54) is 6.92 Å². The minimum atomic E-state index is -1.31. The highest BCUT2D eigenvalue weighted by molar-refractivity contribution is 5.96. The highest BCUT2D eigenvalue weighted by Crippen LogP contribution is 2.16. The smallest absolute Gasteiger partial charge is 0.329 e. The molecule has 2 N–H and O–H groups in total. The van der Waals surface area contributed by atoms with Gasteiger partial charge >= 0.3 is 5.97 Å². The fourth-order valence-corrected chi connectivity index (χ4v) is 2.36. The van der Waals surface area contributed by atoms with Crippen LogP contribution >= 0.6 is 0 Å². The summed E-state index contributed by atoms with van der Waals surface area (Å²) in [6, 6.07) is 8.75. The number of carbonyl (C=O) groups excluding carboxylic acids is 1. The van der Waals surface area contributed by atoms with Gasteiger partial charge in [0.05, 0.1) is 12.8 Å². The van der Waals surface area contributed by atoms with Gasteiger partial charge in [-0.25, -0.2) is 9.48 Å². The van der Waals surface area contributed by atoms with Gasteiger partial charge in [-0.2, -0.15) is 5.10 Å². The fourth-order valence-electron chi connectivity index (χ4n) is 2.36. The van der Waals surface area contributed by atoms with Gasteiger partial charge in [0.25, 0.3) is 5.91 Å². The Morgan fingerprint density at radius 3 is 2.50 bits per heavy atom. The van der Waals surface area contributed by atoms with E-state index in [0.717, 1.165) is 11.4 Å². The van der Waals surface area contributed by atoms with Crippen molar-refractivity contribution in [2.75, 3.05) is 7.11 Å². The van der Waals surface area contributed by atoms with Crippen molar-refractivity contribution in [2.45, 2.75) is 32.2 Å². The lowest BCUT2D eigenvalue weighted by Gasteiger charge is -2.25. The van der Waals surface area contributed by atoms with Crippen LogP contribution in [0.2, 0.25) is 0 Å². The predicted octanol–water partition coefficient (Wildman–Crippen LogP) is 2.25. The Kier molecular flexibility index (Phi) is 5.23. The molecule has 2 aromatic rings. The Morgan fingerprint density at radius 1 is 1.29 bits per heavy atom. The van der Waals surface area contributed by atoms with Gasteiger partial charge in [-0.05, 0) is 43.7 Å². The topological polar surface area (TPSA) is 93.5 Å². The van der Waals surface area contributed by atoms with Gasteiger partial charge in [-0.1, -0.05) is 13.3 Å². The zero-order valence-corrected chi connectivity index (χ0v) is 13.9. The predicted molar refractivity (Wildman–Crippen MR) is 88.5 cm³/mol. The van der Waals surface area contributed by atoms with Crippen LogP contribution in [0.5, 0.6) is 5.75 Å². The van der Waals surface area contributed by atoms with Gasteiger partial charge in [0.1, 0.15) is 11.3 Å². The molecule has 0 saturated heterocycles. The number of benzene rings is 1. The number of aromatic nitrogens is 2. The third kappa shape index (κ3) is 3.73. The molecule has 128 valence electrons. The number of hydrogen-bond donors (Lipinski definition) is 2. The minimum Gasteiger partial charge on any atom is -0.497 e. The maximum absolute atomic E-state index is 12.3. The van der Waals surface area contributed by atoms with Gasteiger partial charge in [-0.3, -0.25) is 4.79 Å². The summed E-state index contributed by atoms with van der Waals surface area (Å²) >= 11 is 0. The maximum atomic E-state index is 12.3. The molecule has 0 radical (unpaired) electrons. The normalized spacial score (nSPS) is 13.1. The second-order valence-corrected chi connectivity index (χ2v) is 5.68. The molecule has 0 aliphatic heterocycles. The van der Waals surface area contributed by atoms with E-state index in [2.05, 4.69) is 10.4 Å². The third-order valence-corrected chi connectivity index (χ3v) is 3.77. The molecule has 1 heterocycles. The van der Waals surface area contributed by atoms with Crippen molar-refractivity contribution in [1.29, 1.82) is 0 Å². The molecule has 1 aromatic heterocycles. The third-order valence-electron chi connectivity index (χ3n) is 3.77. The van der Waals surface area contributed by atoms with Crippen molar-refractivity contribution in [1.82, 2.24) is 15.1 Å². The van der Waals surface area contributed by atoms with Crippen LogP contribution in [-0.2, 0) is 4.79 Å². The van der Waals surface area contributed by atoms with Crippen molar-refractivity contribution in [3.63, 3.8) is 0 Å². The van der Waals surface area contributed by atoms with Crippen LogP contribution in [0, 0.1) is 0 Å². The van der Waals surface area contributed by atoms with Crippen molar-refractivity contribution in [3.8, 4) is 11.4 Å². The van der Waals surface area contributed by atoms with Gasteiger partial charge in [0.15, 0.2) is 5.69 Å². The van der Waals surface area contributed by atoms with Crippen LogP contribution < -0.4 is 10.1 Å². The molecule has 1 atom stereocenters. The summed E-state index contributed by atoms with van der Waals surface area (Å²) in [6.07, 6.45) is 2.63. The summed E-state index contributed by atoms with van der Waals surface area (Å²) in [5.41, 5.74) is -0.380. The molecule has 7 heteroatoms. The first-order valence-electron chi connectivity index (χ1n) is 7.65. The van der Waals surface area contributed by atoms with Crippen LogP contribution in [0.4, 0.5) is 0 Å².